The van der Waals surface area contributed by atoms with Gasteiger partial charge in [-0.25, -0.2) is 14.8 Å². The van der Waals surface area contributed by atoms with Gasteiger partial charge in [-0.15, -0.1) is 0 Å². The van der Waals surface area contributed by atoms with Crippen LogP contribution >= 0.6 is 11.6 Å². The first-order chi connectivity index (χ1) is 16.1. The number of ether oxygens (including phenoxy) is 2. The normalized spacial score (nSPS) is 10.9. The van der Waals surface area contributed by atoms with Gasteiger partial charge in [-0.2, -0.15) is 5.26 Å². The van der Waals surface area contributed by atoms with Crippen LogP contribution in [0.2, 0.25) is 5.02 Å². The third-order valence-corrected chi connectivity index (χ3v) is 5.03. The molecule has 0 aliphatic rings. The van der Waals surface area contributed by atoms with E-state index in [1.807, 2.05) is 31.2 Å². The van der Waals surface area contributed by atoms with E-state index >= 15 is 0 Å². The van der Waals surface area contributed by atoms with Gasteiger partial charge in [0.05, 0.1) is 29.5 Å². The fourth-order valence-electron chi connectivity index (χ4n) is 3.15. The lowest BCUT2D eigenvalue weighted by Gasteiger charge is -2.20. The molecule has 0 unspecified atom stereocenters. The minimum atomic E-state index is -0.631. The Hall–Kier alpha value is -3.83. The van der Waals surface area contributed by atoms with Gasteiger partial charge in [-0.05, 0) is 45.4 Å². The number of anilines is 2. The molecule has 0 fully saturated rings. The number of hydrogen-bond acceptors (Lipinski definition) is 7. The summed E-state index contributed by atoms with van der Waals surface area (Å²) in [6.45, 7) is 7.42. The Kier molecular flexibility index (Phi) is 7.59. The fourth-order valence-corrected chi connectivity index (χ4v) is 3.36. The second kappa shape index (κ2) is 10.4. The fraction of sp³-hybridized carbons (Fsp3) is 0.280. The molecule has 0 aliphatic carbocycles. The number of methoxy groups -OCH3 is 1. The van der Waals surface area contributed by atoms with E-state index in [1.165, 1.54) is 19.5 Å². The molecule has 3 rings (SSSR count). The molecule has 2 aromatic carbocycles. The van der Waals surface area contributed by atoms with Crippen LogP contribution in [0.4, 0.5) is 16.3 Å². The summed E-state index contributed by atoms with van der Waals surface area (Å²) >= 11 is 6.44. The molecule has 0 atom stereocenters. The van der Waals surface area contributed by atoms with Crippen molar-refractivity contribution < 1.29 is 14.3 Å². The molecule has 2 N–H and O–H groups in total. The molecule has 0 saturated carbocycles. The van der Waals surface area contributed by atoms with Gasteiger partial charge >= 0.3 is 6.09 Å². The van der Waals surface area contributed by atoms with Gasteiger partial charge in [-0.1, -0.05) is 41.4 Å². The minimum Gasteiger partial charge on any atom is -0.491 e. The summed E-state index contributed by atoms with van der Waals surface area (Å²) in [5.74, 6) is 0.853. The highest BCUT2D eigenvalue weighted by molar-refractivity contribution is 6.33. The summed E-state index contributed by atoms with van der Waals surface area (Å²) in [5.41, 5.74) is 3.39. The van der Waals surface area contributed by atoms with E-state index in [-0.39, 0.29) is 6.54 Å². The second-order valence-corrected chi connectivity index (χ2v) is 8.96. The molecule has 0 saturated heterocycles. The van der Waals surface area contributed by atoms with Crippen LogP contribution in [0.5, 0.6) is 5.75 Å². The number of halogens is 1. The summed E-state index contributed by atoms with van der Waals surface area (Å²) in [5, 5.41) is 15.7. The third-order valence-electron chi connectivity index (χ3n) is 4.72. The Bertz CT molecular complexity index is 1230. The first-order valence-corrected chi connectivity index (χ1v) is 10.9. The number of aromatic nitrogens is 2. The number of alkyl carbamates (subject to hydrolysis) is 1. The molecule has 1 heterocycles. The van der Waals surface area contributed by atoms with Crippen LogP contribution in [0.3, 0.4) is 0 Å². The molecule has 9 heteroatoms. The average molecular weight is 480 g/mol. The second-order valence-electron chi connectivity index (χ2n) is 8.55. The van der Waals surface area contributed by atoms with Crippen LogP contribution < -0.4 is 15.4 Å². The van der Waals surface area contributed by atoms with E-state index in [0.717, 1.165) is 11.1 Å². The van der Waals surface area contributed by atoms with Gasteiger partial charge in [0.1, 0.15) is 17.6 Å². The molecule has 3 aromatic rings. The van der Waals surface area contributed by atoms with Gasteiger partial charge in [0.15, 0.2) is 11.6 Å². The topological polar surface area (TPSA) is 109 Å². The summed E-state index contributed by atoms with van der Waals surface area (Å²) in [6, 6.07) is 13.2. The summed E-state index contributed by atoms with van der Waals surface area (Å²) in [7, 11) is 1.54. The van der Waals surface area contributed by atoms with Crippen molar-refractivity contribution in [3.63, 3.8) is 0 Å². The van der Waals surface area contributed by atoms with Crippen LogP contribution in [-0.4, -0.2) is 28.8 Å². The number of carbonyl (C=O) groups excluding carboxylic acids is 1. The van der Waals surface area contributed by atoms with Gasteiger partial charge in [0.2, 0.25) is 0 Å². The van der Waals surface area contributed by atoms with Crippen LogP contribution in [0.25, 0.3) is 11.3 Å². The minimum absolute atomic E-state index is 0.0825. The quantitative estimate of drug-likeness (QED) is 0.463. The smallest absolute Gasteiger partial charge is 0.407 e. The number of nitriles is 1. The Morgan fingerprint density at radius 3 is 2.50 bits per heavy atom. The zero-order valence-corrected chi connectivity index (χ0v) is 20.4. The molecular formula is C25H26ClN5O3. The maximum absolute atomic E-state index is 12.1. The van der Waals surface area contributed by atoms with E-state index in [2.05, 4.69) is 26.7 Å². The van der Waals surface area contributed by atoms with E-state index in [1.54, 1.807) is 26.8 Å². The summed E-state index contributed by atoms with van der Waals surface area (Å²) in [6.07, 6.45) is 0.851. The van der Waals surface area contributed by atoms with E-state index in [9.17, 15) is 10.1 Å². The lowest BCUT2D eigenvalue weighted by atomic mass is 10.1. The molecule has 34 heavy (non-hydrogen) atoms. The maximum Gasteiger partial charge on any atom is 0.407 e. The number of nitrogens with one attached hydrogen (secondary N) is 2. The number of benzene rings is 2. The Labute approximate surface area is 203 Å². The van der Waals surface area contributed by atoms with Crippen molar-refractivity contribution in [3.05, 3.63) is 64.4 Å². The van der Waals surface area contributed by atoms with Crippen molar-refractivity contribution in [3.8, 4) is 23.1 Å². The van der Waals surface area contributed by atoms with Crippen LogP contribution in [0.15, 0.2) is 42.7 Å². The molecule has 1 amide bonds. The average Bonchev–Trinajstić information content (AvgIpc) is 2.78. The largest absolute Gasteiger partial charge is 0.491 e. The van der Waals surface area contributed by atoms with E-state index < -0.39 is 11.7 Å². The predicted octanol–water partition coefficient (Wildman–Crippen LogP) is 5.75. The predicted molar refractivity (Wildman–Crippen MR) is 131 cm³/mol. The summed E-state index contributed by atoms with van der Waals surface area (Å²) < 4.78 is 10.9. The highest BCUT2D eigenvalue weighted by Crippen LogP contribution is 2.36. The van der Waals surface area contributed by atoms with Crippen molar-refractivity contribution >= 4 is 29.2 Å². The zero-order chi connectivity index (χ0) is 24.9. The Morgan fingerprint density at radius 1 is 1.18 bits per heavy atom. The molecule has 0 spiro atoms. The van der Waals surface area contributed by atoms with Crippen molar-refractivity contribution in [1.82, 2.24) is 15.3 Å². The lowest BCUT2D eigenvalue weighted by Crippen LogP contribution is -2.32. The Balaban J connectivity index is 1.91. The SMILES string of the molecule is COc1c(Nc2cc(CNC(=O)OC(C)(C)C)c(C#N)cc2Cl)ncnc1-c1ccc(C)cc1. The number of carbonyl (C=O) groups is 1. The number of aryl methyl sites for hydroxylation is 1. The molecule has 8 nitrogen and oxygen atoms in total. The number of nitrogens with zero attached hydrogens (tertiary/aromatic N) is 3. The number of rotatable bonds is 6. The number of hydrogen-bond donors (Lipinski definition) is 2. The Morgan fingerprint density at radius 2 is 1.88 bits per heavy atom. The van der Waals surface area contributed by atoms with Crippen molar-refractivity contribution in [2.45, 2.75) is 39.8 Å². The summed E-state index contributed by atoms with van der Waals surface area (Å²) in [4.78, 5) is 20.8. The van der Waals surface area contributed by atoms with Crippen LogP contribution in [-0.2, 0) is 11.3 Å². The van der Waals surface area contributed by atoms with Crippen LogP contribution in [0, 0.1) is 18.3 Å². The van der Waals surface area contributed by atoms with Crippen molar-refractivity contribution in [1.29, 1.82) is 5.26 Å². The van der Waals surface area contributed by atoms with Crippen LogP contribution in [0.1, 0.15) is 37.5 Å². The van der Waals surface area contributed by atoms with Gasteiger partial charge in [0, 0.05) is 12.1 Å². The molecular weight excluding hydrogens is 454 g/mol. The third kappa shape index (κ3) is 6.15. The zero-order valence-electron chi connectivity index (χ0n) is 19.7. The standard InChI is InChI=1S/C25H26ClN5O3/c1-15-6-8-16(9-7-15)21-22(33-5)23(30-14-29-21)31-20-11-18(17(12-27)10-19(20)26)13-28-24(32)34-25(2,3)4/h6-11,14H,13H2,1-5H3,(H,28,32)(H,29,30,31). The highest BCUT2D eigenvalue weighted by atomic mass is 35.5. The molecule has 0 bridgehead atoms. The van der Waals surface area contributed by atoms with Gasteiger partial charge in [0.25, 0.3) is 0 Å². The molecule has 0 aliphatic heterocycles. The lowest BCUT2D eigenvalue weighted by molar-refractivity contribution is 0.0523. The number of amides is 1. The monoisotopic (exact) mass is 479 g/mol. The van der Waals surface area contributed by atoms with Crippen molar-refractivity contribution in [2.75, 3.05) is 12.4 Å². The van der Waals surface area contributed by atoms with Gasteiger partial charge in [-0.3, -0.25) is 0 Å². The van der Waals surface area contributed by atoms with Gasteiger partial charge < -0.3 is 20.1 Å². The first-order valence-electron chi connectivity index (χ1n) is 10.5. The highest BCUT2D eigenvalue weighted by Gasteiger charge is 2.18. The van der Waals surface area contributed by atoms with E-state index in [4.69, 9.17) is 21.1 Å². The van der Waals surface area contributed by atoms with E-state index in [0.29, 0.717) is 39.1 Å². The maximum atomic E-state index is 12.1. The molecule has 1 aromatic heterocycles. The first kappa shape index (κ1) is 24.8. The molecule has 0 radical (unpaired) electrons. The molecule has 176 valence electrons. The van der Waals surface area contributed by atoms with Crippen molar-refractivity contribution in [2.24, 2.45) is 0 Å².